The SMILES string of the molecule is N#C/C(=C/Nc1cc(Cl)ccc1Cl)C(=O)Nc1ccccc1Sc1ccccc1. The summed E-state index contributed by atoms with van der Waals surface area (Å²) in [6.45, 7) is 0. The minimum Gasteiger partial charge on any atom is -0.359 e. The quantitative estimate of drug-likeness (QED) is 0.335. The molecule has 0 aliphatic rings. The second kappa shape index (κ2) is 10.0. The van der Waals surface area contributed by atoms with E-state index in [0.717, 1.165) is 9.79 Å². The van der Waals surface area contributed by atoms with E-state index >= 15 is 0 Å². The van der Waals surface area contributed by atoms with Gasteiger partial charge in [-0.2, -0.15) is 5.26 Å². The number of benzene rings is 3. The normalized spacial score (nSPS) is 10.9. The predicted octanol–water partition coefficient (Wildman–Crippen LogP) is 6.60. The molecule has 0 bridgehead atoms. The number of halogens is 2. The van der Waals surface area contributed by atoms with Gasteiger partial charge in [-0.25, -0.2) is 0 Å². The first-order valence-electron chi connectivity index (χ1n) is 8.52. The second-order valence-corrected chi connectivity index (χ2v) is 7.76. The topological polar surface area (TPSA) is 64.9 Å². The molecule has 0 spiro atoms. The van der Waals surface area contributed by atoms with Crippen LogP contribution in [-0.4, -0.2) is 5.91 Å². The summed E-state index contributed by atoms with van der Waals surface area (Å²) in [5, 5.41) is 16.0. The fourth-order valence-corrected chi connectivity index (χ4v) is 3.64. The summed E-state index contributed by atoms with van der Waals surface area (Å²) >= 11 is 13.6. The molecule has 0 saturated carbocycles. The minimum atomic E-state index is -0.528. The van der Waals surface area contributed by atoms with Gasteiger partial charge in [0.05, 0.1) is 16.4 Å². The van der Waals surface area contributed by atoms with Crippen molar-refractivity contribution < 1.29 is 4.79 Å². The van der Waals surface area contributed by atoms with E-state index in [4.69, 9.17) is 23.2 Å². The number of anilines is 2. The Labute approximate surface area is 183 Å². The Kier molecular flexibility index (Phi) is 7.20. The molecule has 0 atom stereocenters. The first-order chi connectivity index (χ1) is 14.1. The highest BCUT2D eigenvalue weighted by molar-refractivity contribution is 7.99. The number of amides is 1. The molecule has 0 heterocycles. The number of para-hydroxylation sites is 1. The van der Waals surface area contributed by atoms with Gasteiger partial charge in [0.25, 0.3) is 5.91 Å². The standard InChI is InChI=1S/C22H15Cl2N3OS/c23-16-10-11-18(24)20(12-16)26-14-15(13-25)22(28)27-19-8-4-5-9-21(19)29-17-6-2-1-3-7-17/h1-12,14,26H,(H,27,28)/b15-14-. The van der Waals surface area contributed by atoms with E-state index in [1.807, 2.05) is 54.6 Å². The van der Waals surface area contributed by atoms with E-state index in [1.54, 1.807) is 24.3 Å². The summed E-state index contributed by atoms with van der Waals surface area (Å²) in [6.07, 6.45) is 1.31. The molecule has 1 amide bonds. The van der Waals surface area contributed by atoms with Gasteiger partial charge in [-0.3, -0.25) is 4.79 Å². The largest absolute Gasteiger partial charge is 0.359 e. The number of carbonyl (C=O) groups excluding carboxylic acids is 1. The maximum atomic E-state index is 12.6. The highest BCUT2D eigenvalue weighted by Gasteiger charge is 2.13. The van der Waals surface area contributed by atoms with Gasteiger partial charge in [-0.1, -0.05) is 65.3 Å². The lowest BCUT2D eigenvalue weighted by Gasteiger charge is -2.11. The zero-order valence-corrected chi connectivity index (χ0v) is 17.4. The molecule has 4 nitrogen and oxygen atoms in total. The molecule has 0 radical (unpaired) electrons. The molecule has 2 N–H and O–H groups in total. The maximum absolute atomic E-state index is 12.6. The summed E-state index contributed by atoms with van der Waals surface area (Å²) in [7, 11) is 0. The van der Waals surface area contributed by atoms with Gasteiger partial charge in [0.2, 0.25) is 0 Å². The molecule has 0 aliphatic heterocycles. The van der Waals surface area contributed by atoms with Crippen molar-refractivity contribution in [3.63, 3.8) is 0 Å². The molecule has 3 aromatic rings. The molecule has 29 heavy (non-hydrogen) atoms. The highest BCUT2D eigenvalue weighted by atomic mass is 35.5. The Morgan fingerprint density at radius 1 is 0.966 bits per heavy atom. The van der Waals surface area contributed by atoms with Crippen LogP contribution in [-0.2, 0) is 4.79 Å². The zero-order valence-electron chi connectivity index (χ0n) is 15.0. The summed E-state index contributed by atoms with van der Waals surface area (Å²) in [4.78, 5) is 14.5. The van der Waals surface area contributed by atoms with Crippen LogP contribution >= 0.6 is 35.0 Å². The molecule has 0 aliphatic carbocycles. The molecule has 3 aromatic carbocycles. The number of nitrogens with zero attached hydrogens (tertiary/aromatic N) is 1. The Bertz CT molecular complexity index is 1090. The first-order valence-corrected chi connectivity index (χ1v) is 10.1. The van der Waals surface area contributed by atoms with E-state index in [0.29, 0.717) is 21.4 Å². The van der Waals surface area contributed by atoms with Crippen LogP contribution < -0.4 is 10.6 Å². The number of carbonyl (C=O) groups is 1. The van der Waals surface area contributed by atoms with E-state index in [1.165, 1.54) is 18.0 Å². The molecule has 144 valence electrons. The van der Waals surface area contributed by atoms with Crippen LogP contribution in [0.2, 0.25) is 10.0 Å². The fraction of sp³-hybridized carbons (Fsp3) is 0. The average Bonchev–Trinajstić information content (AvgIpc) is 2.73. The van der Waals surface area contributed by atoms with Gasteiger partial charge in [0, 0.05) is 21.0 Å². The third-order valence-electron chi connectivity index (χ3n) is 3.77. The summed E-state index contributed by atoms with van der Waals surface area (Å²) in [5.74, 6) is -0.528. The van der Waals surface area contributed by atoms with Gasteiger partial charge in [-0.05, 0) is 42.5 Å². The Hall–Kier alpha value is -2.91. The van der Waals surface area contributed by atoms with Crippen molar-refractivity contribution in [2.45, 2.75) is 9.79 Å². The lowest BCUT2D eigenvalue weighted by Crippen LogP contribution is -2.15. The van der Waals surface area contributed by atoms with Crippen LogP contribution in [0, 0.1) is 11.3 Å². The summed E-state index contributed by atoms with van der Waals surface area (Å²) in [6, 6.07) is 24.0. The molecule has 7 heteroatoms. The monoisotopic (exact) mass is 439 g/mol. The molecule has 3 rings (SSSR count). The molecule has 0 aromatic heterocycles. The van der Waals surface area contributed by atoms with Crippen LogP contribution in [0.4, 0.5) is 11.4 Å². The molecule has 0 saturated heterocycles. The van der Waals surface area contributed by atoms with Gasteiger partial charge in [0.1, 0.15) is 11.6 Å². The van der Waals surface area contributed by atoms with E-state index in [-0.39, 0.29) is 5.57 Å². The third kappa shape index (κ3) is 5.78. The number of nitrogens with one attached hydrogen (secondary N) is 2. The molecular weight excluding hydrogens is 425 g/mol. The first kappa shape index (κ1) is 20.8. The van der Waals surface area contributed by atoms with E-state index < -0.39 is 5.91 Å². The Balaban J connectivity index is 1.76. The van der Waals surface area contributed by atoms with Crippen molar-refractivity contribution >= 4 is 52.2 Å². The number of hydrogen-bond donors (Lipinski definition) is 2. The molecule has 0 fully saturated rings. The number of hydrogen-bond acceptors (Lipinski definition) is 4. The fourth-order valence-electron chi connectivity index (χ4n) is 2.37. The van der Waals surface area contributed by atoms with Crippen LogP contribution in [0.15, 0.2) is 94.4 Å². The van der Waals surface area contributed by atoms with Crippen LogP contribution in [0.3, 0.4) is 0 Å². The second-order valence-electron chi connectivity index (χ2n) is 5.80. The smallest absolute Gasteiger partial charge is 0.267 e. The van der Waals surface area contributed by atoms with Gasteiger partial charge in [0.15, 0.2) is 0 Å². The lowest BCUT2D eigenvalue weighted by molar-refractivity contribution is -0.112. The zero-order chi connectivity index (χ0) is 20.6. The predicted molar refractivity (Wildman–Crippen MR) is 119 cm³/mol. The number of nitriles is 1. The van der Waals surface area contributed by atoms with Gasteiger partial charge >= 0.3 is 0 Å². The van der Waals surface area contributed by atoms with Gasteiger partial charge in [-0.15, -0.1) is 0 Å². The van der Waals surface area contributed by atoms with Crippen LogP contribution in [0.1, 0.15) is 0 Å². The van der Waals surface area contributed by atoms with Crippen molar-refractivity contribution in [3.05, 3.63) is 94.6 Å². The number of rotatable bonds is 6. The van der Waals surface area contributed by atoms with Crippen molar-refractivity contribution in [2.75, 3.05) is 10.6 Å². The van der Waals surface area contributed by atoms with Crippen molar-refractivity contribution in [1.29, 1.82) is 5.26 Å². The van der Waals surface area contributed by atoms with E-state index in [2.05, 4.69) is 10.6 Å². The van der Waals surface area contributed by atoms with Gasteiger partial charge < -0.3 is 10.6 Å². The van der Waals surface area contributed by atoms with Crippen LogP contribution in [0.25, 0.3) is 0 Å². The highest BCUT2D eigenvalue weighted by Crippen LogP contribution is 2.33. The molecular formula is C22H15Cl2N3OS. The third-order valence-corrected chi connectivity index (χ3v) is 5.42. The van der Waals surface area contributed by atoms with Crippen LogP contribution in [0.5, 0.6) is 0 Å². The Morgan fingerprint density at radius 2 is 1.69 bits per heavy atom. The summed E-state index contributed by atoms with van der Waals surface area (Å²) < 4.78 is 0. The lowest BCUT2D eigenvalue weighted by atomic mass is 10.2. The average molecular weight is 440 g/mol. The van der Waals surface area contributed by atoms with Crippen molar-refractivity contribution in [3.8, 4) is 6.07 Å². The van der Waals surface area contributed by atoms with Crippen molar-refractivity contribution in [2.24, 2.45) is 0 Å². The maximum Gasteiger partial charge on any atom is 0.267 e. The molecule has 0 unspecified atom stereocenters. The summed E-state index contributed by atoms with van der Waals surface area (Å²) in [5.41, 5.74) is 1.02. The minimum absolute atomic E-state index is 0.0967. The van der Waals surface area contributed by atoms with Crippen molar-refractivity contribution in [1.82, 2.24) is 0 Å². The van der Waals surface area contributed by atoms with E-state index in [9.17, 15) is 10.1 Å². The Morgan fingerprint density at radius 3 is 2.45 bits per heavy atom.